The Kier molecular flexibility index (Phi) is 3.70. The number of rotatable bonds is 3. The van der Waals surface area contributed by atoms with E-state index in [2.05, 4.69) is 15.9 Å². The van der Waals surface area contributed by atoms with Crippen LogP contribution < -0.4 is 0 Å². The number of aliphatic carboxylic acids is 1. The van der Waals surface area contributed by atoms with Crippen molar-refractivity contribution in [3.63, 3.8) is 0 Å². The number of carbonyl (C=O) groups is 1. The van der Waals surface area contributed by atoms with Crippen molar-refractivity contribution in [1.82, 2.24) is 0 Å². The second-order valence-corrected chi connectivity index (χ2v) is 7.98. The van der Waals surface area contributed by atoms with Crippen molar-refractivity contribution in [2.24, 2.45) is 5.41 Å². The topological polar surface area (TPSA) is 71.4 Å². The first-order valence-electron chi connectivity index (χ1n) is 5.61. The van der Waals surface area contributed by atoms with E-state index in [4.69, 9.17) is 0 Å². The first-order chi connectivity index (χ1) is 8.72. The Morgan fingerprint density at radius 2 is 2.11 bits per heavy atom. The first kappa shape index (κ1) is 14.5. The van der Waals surface area contributed by atoms with Gasteiger partial charge in [-0.1, -0.05) is 15.9 Å². The van der Waals surface area contributed by atoms with Crippen molar-refractivity contribution < 1.29 is 22.7 Å². The second kappa shape index (κ2) is 4.86. The highest BCUT2D eigenvalue weighted by Gasteiger charge is 2.48. The third-order valence-electron chi connectivity index (χ3n) is 3.31. The molecule has 19 heavy (non-hydrogen) atoms. The van der Waals surface area contributed by atoms with Gasteiger partial charge in [0.05, 0.1) is 16.9 Å². The Bertz CT molecular complexity index is 608. The smallest absolute Gasteiger partial charge is 0.311 e. The average Bonchev–Trinajstić information content (AvgIpc) is 2.53. The quantitative estimate of drug-likeness (QED) is 0.905. The van der Waals surface area contributed by atoms with Crippen LogP contribution >= 0.6 is 15.9 Å². The van der Waals surface area contributed by atoms with Crippen molar-refractivity contribution in [1.29, 1.82) is 0 Å². The predicted octanol–water partition coefficient (Wildman–Crippen LogP) is 2.02. The largest absolute Gasteiger partial charge is 0.481 e. The molecule has 0 saturated carbocycles. The molecular formula is C12H12BrFO4S. The van der Waals surface area contributed by atoms with E-state index in [0.29, 0.717) is 10.0 Å². The van der Waals surface area contributed by atoms with E-state index in [1.165, 1.54) is 12.1 Å². The molecular weight excluding hydrogens is 339 g/mol. The number of benzene rings is 1. The first-order valence-corrected chi connectivity index (χ1v) is 8.23. The fourth-order valence-electron chi connectivity index (χ4n) is 2.40. The number of carboxylic acid groups (broad SMARTS) is 1. The Hall–Kier alpha value is -0.950. The number of sulfone groups is 1. The zero-order valence-corrected chi connectivity index (χ0v) is 12.3. The molecule has 0 bridgehead atoms. The molecule has 0 radical (unpaired) electrons. The van der Waals surface area contributed by atoms with Crippen LogP contribution in [-0.4, -0.2) is 31.0 Å². The predicted molar refractivity (Wildman–Crippen MR) is 71.1 cm³/mol. The molecule has 7 heteroatoms. The Balaban J connectivity index is 2.35. The Morgan fingerprint density at radius 3 is 2.58 bits per heavy atom. The molecule has 1 N–H and O–H groups in total. The van der Waals surface area contributed by atoms with Crippen LogP contribution in [-0.2, 0) is 21.1 Å². The maximum atomic E-state index is 13.3. The van der Waals surface area contributed by atoms with Crippen LogP contribution in [0.4, 0.5) is 4.39 Å². The lowest BCUT2D eigenvalue weighted by molar-refractivity contribution is -0.147. The van der Waals surface area contributed by atoms with Gasteiger partial charge in [0.1, 0.15) is 5.82 Å². The summed E-state index contributed by atoms with van der Waals surface area (Å²) in [6.45, 7) is 0. The lowest BCUT2D eigenvalue weighted by atomic mass is 9.81. The number of hydrogen-bond donors (Lipinski definition) is 1. The van der Waals surface area contributed by atoms with Crippen LogP contribution in [0.2, 0.25) is 0 Å². The lowest BCUT2D eigenvalue weighted by Gasteiger charge is -2.22. The molecule has 0 aromatic heterocycles. The van der Waals surface area contributed by atoms with Gasteiger partial charge in [0.2, 0.25) is 0 Å². The van der Waals surface area contributed by atoms with E-state index in [9.17, 15) is 22.7 Å². The maximum Gasteiger partial charge on any atom is 0.311 e. The number of halogens is 2. The highest BCUT2D eigenvalue weighted by atomic mass is 79.9. The van der Waals surface area contributed by atoms with Crippen molar-refractivity contribution in [2.45, 2.75) is 12.8 Å². The number of carboxylic acids is 1. The SMILES string of the molecule is O=C(O)C1(Cc2cc(F)cc(Br)c2)CCS(=O)(=O)C1. The molecule has 4 nitrogen and oxygen atoms in total. The van der Waals surface area contributed by atoms with Crippen LogP contribution in [0.5, 0.6) is 0 Å². The molecule has 1 aliphatic heterocycles. The minimum Gasteiger partial charge on any atom is -0.481 e. The van der Waals surface area contributed by atoms with E-state index in [0.717, 1.165) is 0 Å². The van der Waals surface area contributed by atoms with E-state index in [1.807, 2.05) is 0 Å². The molecule has 0 aliphatic carbocycles. The minimum absolute atomic E-state index is 0.0118. The fourth-order valence-corrected chi connectivity index (χ4v) is 4.97. The molecule has 0 amide bonds. The molecule has 1 atom stereocenters. The van der Waals surface area contributed by atoms with Crippen LogP contribution in [0.3, 0.4) is 0 Å². The van der Waals surface area contributed by atoms with Crippen molar-refractivity contribution in [3.8, 4) is 0 Å². The van der Waals surface area contributed by atoms with Gasteiger partial charge in [-0.25, -0.2) is 12.8 Å². The van der Waals surface area contributed by atoms with Crippen LogP contribution in [0, 0.1) is 11.2 Å². The van der Waals surface area contributed by atoms with Crippen molar-refractivity contribution >= 4 is 31.7 Å². The zero-order valence-electron chi connectivity index (χ0n) is 9.90. The average molecular weight is 351 g/mol. The van der Waals surface area contributed by atoms with Gasteiger partial charge in [-0.2, -0.15) is 0 Å². The summed E-state index contributed by atoms with van der Waals surface area (Å²) in [5, 5.41) is 9.33. The monoisotopic (exact) mass is 350 g/mol. The van der Waals surface area contributed by atoms with Crippen LogP contribution in [0.15, 0.2) is 22.7 Å². The molecule has 1 heterocycles. The summed E-state index contributed by atoms with van der Waals surface area (Å²) < 4.78 is 36.8. The fraction of sp³-hybridized carbons (Fsp3) is 0.417. The summed E-state index contributed by atoms with van der Waals surface area (Å²) >= 11 is 3.13. The maximum absolute atomic E-state index is 13.3. The molecule has 0 spiro atoms. The molecule has 104 valence electrons. The molecule has 1 saturated heterocycles. The van der Waals surface area contributed by atoms with Gasteiger partial charge in [0.25, 0.3) is 0 Å². The zero-order chi connectivity index (χ0) is 14.3. The molecule has 1 unspecified atom stereocenters. The standard InChI is InChI=1S/C12H12BrFO4S/c13-9-3-8(4-10(14)5-9)6-12(11(15)16)1-2-19(17,18)7-12/h3-5H,1-2,6-7H2,(H,15,16). The highest BCUT2D eigenvalue weighted by molar-refractivity contribution is 9.10. The highest BCUT2D eigenvalue weighted by Crippen LogP contribution is 2.36. The lowest BCUT2D eigenvalue weighted by Crippen LogP contribution is -2.34. The van der Waals surface area contributed by atoms with Gasteiger partial charge in [0.15, 0.2) is 9.84 Å². The van der Waals surface area contributed by atoms with Gasteiger partial charge in [-0.05, 0) is 36.6 Å². The van der Waals surface area contributed by atoms with Gasteiger partial charge < -0.3 is 5.11 Å². The van der Waals surface area contributed by atoms with Gasteiger partial charge in [0, 0.05) is 4.47 Å². The molecule has 1 fully saturated rings. The van der Waals surface area contributed by atoms with Crippen LogP contribution in [0.1, 0.15) is 12.0 Å². The summed E-state index contributed by atoms with van der Waals surface area (Å²) in [5.41, 5.74) is -0.863. The third kappa shape index (κ3) is 3.14. The van der Waals surface area contributed by atoms with E-state index in [-0.39, 0.29) is 24.3 Å². The normalized spacial score (nSPS) is 25.4. The summed E-state index contributed by atoms with van der Waals surface area (Å²) in [6, 6.07) is 4.11. The molecule has 1 aliphatic rings. The third-order valence-corrected chi connectivity index (χ3v) is 5.58. The minimum atomic E-state index is -3.33. The van der Waals surface area contributed by atoms with Gasteiger partial charge in [-0.3, -0.25) is 4.79 Å². The second-order valence-electron chi connectivity index (χ2n) is 4.88. The van der Waals surface area contributed by atoms with E-state index >= 15 is 0 Å². The molecule has 1 aromatic rings. The van der Waals surface area contributed by atoms with E-state index < -0.39 is 27.0 Å². The summed E-state index contributed by atoms with van der Waals surface area (Å²) in [5.74, 6) is -2.14. The van der Waals surface area contributed by atoms with Gasteiger partial charge in [-0.15, -0.1) is 0 Å². The van der Waals surface area contributed by atoms with Crippen LogP contribution in [0.25, 0.3) is 0 Å². The summed E-state index contributed by atoms with van der Waals surface area (Å²) in [7, 11) is -3.33. The van der Waals surface area contributed by atoms with E-state index in [1.54, 1.807) is 6.07 Å². The summed E-state index contributed by atoms with van der Waals surface area (Å²) in [6.07, 6.45) is 0.0801. The van der Waals surface area contributed by atoms with Crippen molar-refractivity contribution in [3.05, 3.63) is 34.1 Å². The Labute approximate surface area is 118 Å². The molecule has 2 rings (SSSR count). The Morgan fingerprint density at radius 1 is 1.42 bits per heavy atom. The summed E-state index contributed by atoms with van der Waals surface area (Å²) in [4.78, 5) is 11.4. The molecule has 1 aromatic carbocycles. The number of hydrogen-bond acceptors (Lipinski definition) is 3. The van der Waals surface area contributed by atoms with Gasteiger partial charge >= 0.3 is 5.97 Å². The van der Waals surface area contributed by atoms with Crippen molar-refractivity contribution in [2.75, 3.05) is 11.5 Å².